The number of nitrogens with zero attached hydrogens (tertiary/aromatic N) is 1. The van der Waals surface area contributed by atoms with Crippen molar-refractivity contribution in [2.24, 2.45) is 17.6 Å². The molecule has 15 heavy (non-hydrogen) atoms. The summed E-state index contributed by atoms with van der Waals surface area (Å²) in [5.41, 5.74) is 5.58. The molecule has 0 bridgehead atoms. The molecular formula is C12H20N2S. The van der Waals surface area contributed by atoms with Crippen molar-refractivity contribution in [2.75, 3.05) is 11.5 Å². The standard InChI is InChI=1S/C12H20N2S/c13-8-12(14,11-5-6-11)9-15-7-10-3-1-2-4-10/h10-11H,1-7,9,14H2. The van der Waals surface area contributed by atoms with Gasteiger partial charge in [0.15, 0.2) is 0 Å². The average Bonchev–Trinajstić information content (AvgIpc) is 2.98. The zero-order valence-corrected chi connectivity index (χ0v) is 10.1. The van der Waals surface area contributed by atoms with Crippen molar-refractivity contribution in [3.05, 3.63) is 0 Å². The third-order valence-corrected chi connectivity index (χ3v) is 5.07. The Bertz CT molecular complexity index is 251. The Morgan fingerprint density at radius 1 is 1.27 bits per heavy atom. The summed E-state index contributed by atoms with van der Waals surface area (Å²) in [6.45, 7) is 0. The van der Waals surface area contributed by atoms with Gasteiger partial charge in [0.05, 0.1) is 6.07 Å². The normalized spacial score (nSPS) is 26.1. The summed E-state index contributed by atoms with van der Waals surface area (Å²) >= 11 is 1.90. The van der Waals surface area contributed by atoms with Gasteiger partial charge in [-0.25, -0.2) is 0 Å². The first-order valence-electron chi connectivity index (χ1n) is 6.02. The third-order valence-electron chi connectivity index (χ3n) is 3.68. The first kappa shape index (κ1) is 11.3. The number of nitrogens with two attached hydrogens (primary N) is 1. The molecule has 2 nitrogen and oxygen atoms in total. The van der Waals surface area contributed by atoms with Crippen LogP contribution in [0.2, 0.25) is 0 Å². The molecule has 0 saturated heterocycles. The van der Waals surface area contributed by atoms with E-state index in [1.165, 1.54) is 31.4 Å². The van der Waals surface area contributed by atoms with E-state index in [4.69, 9.17) is 11.0 Å². The van der Waals surface area contributed by atoms with E-state index in [0.717, 1.165) is 24.5 Å². The molecule has 0 aromatic heterocycles. The van der Waals surface area contributed by atoms with Gasteiger partial charge in [0.25, 0.3) is 0 Å². The number of thioether (sulfide) groups is 1. The summed E-state index contributed by atoms with van der Waals surface area (Å²) in [5, 5.41) is 9.10. The van der Waals surface area contributed by atoms with E-state index >= 15 is 0 Å². The van der Waals surface area contributed by atoms with E-state index in [1.54, 1.807) is 0 Å². The molecule has 2 N–H and O–H groups in total. The van der Waals surface area contributed by atoms with Crippen LogP contribution < -0.4 is 5.73 Å². The molecule has 0 heterocycles. The van der Waals surface area contributed by atoms with Gasteiger partial charge in [0, 0.05) is 5.75 Å². The second kappa shape index (κ2) is 4.76. The van der Waals surface area contributed by atoms with Crippen molar-refractivity contribution >= 4 is 11.8 Å². The van der Waals surface area contributed by atoms with Crippen LogP contribution in [0.25, 0.3) is 0 Å². The molecule has 2 saturated carbocycles. The fraction of sp³-hybridized carbons (Fsp3) is 0.917. The van der Waals surface area contributed by atoms with E-state index in [1.807, 2.05) is 11.8 Å². The molecule has 0 amide bonds. The highest BCUT2D eigenvalue weighted by Crippen LogP contribution is 2.40. The Kier molecular flexibility index (Phi) is 3.58. The average molecular weight is 224 g/mol. The molecule has 0 aromatic carbocycles. The van der Waals surface area contributed by atoms with Gasteiger partial charge in [-0.05, 0) is 43.3 Å². The minimum absolute atomic E-state index is 0.485. The second-order valence-corrected chi connectivity index (χ2v) is 6.12. The summed E-state index contributed by atoms with van der Waals surface area (Å²) < 4.78 is 0. The third kappa shape index (κ3) is 2.89. The summed E-state index contributed by atoms with van der Waals surface area (Å²) in [4.78, 5) is 0. The smallest absolute Gasteiger partial charge is 0.116 e. The number of hydrogen-bond acceptors (Lipinski definition) is 3. The van der Waals surface area contributed by atoms with Gasteiger partial charge in [-0.2, -0.15) is 17.0 Å². The zero-order chi connectivity index (χ0) is 10.7. The van der Waals surface area contributed by atoms with Crippen molar-refractivity contribution in [3.8, 4) is 6.07 Å². The van der Waals surface area contributed by atoms with Gasteiger partial charge in [0.1, 0.15) is 5.54 Å². The van der Waals surface area contributed by atoms with Crippen LogP contribution in [0.3, 0.4) is 0 Å². The molecule has 0 aliphatic heterocycles. The van der Waals surface area contributed by atoms with Gasteiger partial charge in [-0.15, -0.1) is 0 Å². The number of nitriles is 1. The van der Waals surface area contributed by atoms with Crippen LogP contribution in [0.1, 0.15) is 38.5 Å². The van der Waals surface area contributed by atoms with Crippen LogP contribution in [-0.4, -0.2) is 17.0 Å². The Labute approximate surface area is 96.6 Å². The molecule has 0 spiro atoms. The molecule has 2 aliphatic carbocycles. The van der Waals surface area contributed by atoms with E-state index < -0.39 is 5.54 Å². The molecule has 2 aliphatic rings. The van der Waals surface area contributed by atoms with E-state index in [-0.39, 0.29) is 0 Å². The van der Waals surface area contributed by atoms with Crippen LogP contribution >= 0.6 is 11.8 Å². The van der Waals surface area contributed by atoms with Gasteiger partial charge >= 0.3 is 0 Å². The van der Waals surface area contributed by atoms with Crippen LogP contribution in [0, 0.1) is 23.2 Å². The highest BCUT2D eigenvalue weighted by atomic mass is 32.2. The summed E-state index contributed by atoms with van der Waals surface area (Å²) in [6, 6.07) is 2.32. The lowest BCUT2D eigenvalue weighted by Crippen LogP contribution is -2.43. The van der Waals surface area contributed by atoms with Crippen LogP contribution in [-0.2, 0) is 0 Å². The lowest BCUT2D eigenvalue weighted by molar-refractivity contribution is 0.530. The molecule has 0 aromatic rings. The summed E-state index contributed by atoms with van der Waals surface area (Å²) in [5.74, 6) is 3.44. The van der Waals surface area contributed by atoms with Crippen LogP contribution in [0.15, 0.2) is 0 Å². The fourth-order valence-corrected chi connectivity index (χ4v) is 3.83. The quantitative estimate of drug-likeness (QED) is 0.780. The Balaban J connectivity index is 1.69. The lowest BCUT2D eigenvalue weighted by Gasteiger charge is -2.21. The van der Waals surface area contributed by atoms with Gasteiger partial charge in [0.2, 0.25) is 0 Å². The molecular weight excluding hydrogens is 204 g/mol. The monoisotopic (exact) mass is 224 g/mol. The molecule has 1 unspecified atom stereocenters. The number of rotatable bonds is 5. The zero-order valence-electron chi connectivity index (χ0n) is 9.24. The van der Waals surface area contributed by atoms with Crippen molar-refractivity contribution in [2.45, 2.75) is 44.1 Å². The Morgan fingerprint density at radius 3 is 2.47 bits per heavy atom. The Morgan fingerprint density at radius 2 is 1.93 bits per heavy atom. The fourth-order valence-electron chi connectivity index (χ4n) is 2.41. The lowest BCUT2D eigenvalue weighted by atomic mass is 10.00. The maximum atomic E-state index is 9.10. The first-order valence-corrected chi connectivity index (χ1v) is 7.18. The Hall–Kier alpha value is -0.200. The first-order chi connectivity index (χ1) is 7.24. The minimum atomic E-state index is -0.525. The largest absolute Gasteiger partial charge is 0.312 e. The van der Waals surface area contributed by atoms with Crippen molar-refractivity contribution in [3.63, 3.8) is 0 Å². The van der Waals surface area contributed by atoms with Crippen molar-refractivity contribution in [1.29, 1.82) is 5.26 Å². The highest BCUT2D eigenvalue weighted by Gasteiger charge is 2.42. The highest BCUT2D eigenvalue weighted by molar-refractivity contribution is 7.99. The number of hydrogen-bond donors (Lipinski definition) is 1. The van der Waals surface area contributed by atoms with E-state index in [2.05, 4.69) is 6.07 Å². The molecule has 2 rings (SSSR count). The van der Waals surface area contributed by atoms with E-state index in [9.17, 15) is 0 Å². The molecule has 2 fully saturated rings. The van der Waals surface area contributed by atoms with Crippen LogP contribution in [0.5, 0.6) is 0 Å². The predicted molar refractivity (Wildman–Crippen MR) is 64.5 cm³/mol. The molecule has 84 valence electrons. The van der Waals surface area contributed by atoms with Crippen molar-refractivity contribution < 1.29 is 0 Å². The minimum Gasteiger partial charge on any atom is -0.312 e. The van der Waals surface area contributed by atoms with Crippen LogP contribution in [0.4, 0.5) is 0 Å². The van der Waals surface area contributed by atoms with E-state index in [0.29, 0.717) is 5.92 Å². The van der Waals surface area contributed by atoms with Gasteiger partial charge in [-0.3, -0.25) is 0 Å². The van der Waals surface area contributed by atoms with Gasteiger partial charge in [-0.1, -0.05) is 12.8 Å². The summed E-state index contributed by atoms with van der Waals surface area (Å²) in [7, 11) is 0. The predicted octanol–water partition coefficient (Wildman–Crippen LogP) is 2.54. The maximum absolute atomic E-state index is 9.10. The topological polar surface area (TPSA) is 49.8 Å². The van der Waals surface area contributed by atoms with Gasteiger partial charge < -0.3 is 5.73 Å². The SMILES string of the molecule is N#CC(N)(CSCC1CCCC1)C1CC1. The van der Waals surface area contributed by atoms with Crippen molar-refractivity contribution in [1.82, 2.24) is 0 Å². The molecule has 1 atom stereocenters. The summed E-state index contributed by atoms with van der Waals surface area (Å²) in [6.07, 6.45) is 7.91. The molecule has 3 heteroatoms. The molecule has 0 radical (unpaired) electrons. The maximum Gasteiger partial charge on any atom is 0.116 e. The second-order valence-electron chi connectivity index (χ2n) is 5.09.